The Morgan fingerprint density at radius 1 is 1.05 bits per heavy atom. The first-order valence-corrected chi connectivity index (χ1v) is 13.0. The van der Waals surface area contributed by atoms with Crippen LogP contribution < -0.4 is 16.4 Å². The molecule has 0 atom stereocenters. The number of amidine groups is 1. The number of unbranched alkanes of at least 4 members (excludes halogenated alkanes) is 2. The smallest absolute Gasteiger partial charge is 0.251 e. The molecule has 2 aromatic carbocycles. The molecule has 4 rings (SSSR count). The number of rotatable bonds is 13. The van der Waals surface area contributed by atoms with Gasteiger partial charge in [-0.15, -0.1) is 0 Å². The fourth-order valence-electron chi connectivity index (χ4n) is 4.30. The fourth-order valence-corrected chi connectivity index (χ4v) is 4.30. The number of amides is 1. The topological polar surface area (TPSA) is 136 Å². The lowest BCUT2D eigenvalue weighted by molar-refractivity contribution is 0.0954. The first kappa shape index (κ1) is 26.8. The highest BCUT2D eigenvalue weighted by molar-refractivity contribution is 6.07. The van der Waals surface area contributed by atoms with Crippen molar-refractivity contribution in [2.45, 2.75) is 25.7 Å². The number of fused-ring (bicyclic) bond motifs is 1. The number of carbonyl (C=O) groups excluding carboxylic acids is 1. The minimum atomic E-state index is -0.122. The lowest BCUT2D eigenvalue weighted by atomic mass is 10.1. The Labute approximate surface area is 223 Å². The third-order valence-corrected chi connectivity index (χ3v) is 6.40. The molecule has 9 heteroatoms. The van der Waals surface area contributed by atoms with Gasteiger partial charge in [-0.2, -0.15) is 0 Å². The Morgan fingerprint density at radius 2 is 1.87 bits per heavy atom. The number of carbonyl (C=O) groups is 1. The lowest BCUT2D eigenvalue weighted by Crippen LogP contribution is -2.25. The van der Waals surface area contributed by atoms with Crippen LogP contribution in [0.25, 0.3) is 22.2 Å². The van der Waals surface area contributed by atoms with Gasteiger partial charge in [-0.1, -0.05) is 24.6 Å². The monoisotopic (exact) mass is 512 g/mol. The molecule has 198 valence electrons. The van der Waals surface area contributed by atoms with Gasteiger partial charge in [0.2, 0.25) is 5.95 Å². The van der Waals surface area contributed by atoms with E-state index in [4.69, 9.17) is 11.1 Å². The Kier molecular flexibility index (Phi) is 9.05. The van der Waals surface area contributed by atoms with Crippen LogP contribution in [-0.4, -0.2) is 65.3 Å². The van der Waals surface area contributed by atoms with Crippen LogP contribution in [0.1, 0.15) is 40.7 Å². The van der Waals surface area contributed by atoms with Crippen molar-refractivity contribution in [3.8, 4) is 11.3 Å². The second-order valence-electron chi connectivity index (χ2n) is 9.64. The number of hydrogen-bond donors (Lipinski definition) is 5. The molecule has 6 N–H and O–H groups in total. The Bertz CT molecular complexity index is 1380. The SMILES string of the molecule is CN(C)CCCCCNc1nccc(-c2ccc(C(=O)NCCc3ccc4[nH]cc(C(=N)N)c4c3)cc2)n1. The van der Waals surface area contributed by atoms with Gasteiger partial charge in [0, 0.05) is 53.1 Å². The summed E-state index contributed by atoms with van der Waals surface area (Å²) in [6.07, 6.45) is 7.59. The quantitative estimate of drug-likeness (QED) is 0.104. The van der Waals surface area contributed by atoms with Crippen LogP contribution in [0.15, 0.2) is 60.9 Å². The molecule has 0 aliphatic rings. The predicted molar refractivity (Wildman–Crippen MR) is 154 cm³/mol. The molecule has 0 aliphatic carbocycles. The van der Waals surface area contributed by atoms with Crippen molar-refractivity contribution in [1.29, 1.82) is 5.41 Å². The van der Waals surface area contributed by atoms with Gasteiger partial charge in [0.25, 0.3) is 5.91 Å². The Balaban J connectivity index is 1.27. The van der Waals surface area contributed by atoms with Gasteiger partial charge in [0.05, 0.1) is 5.69 Å². The van der Waals surface area contributed by atoms with Gasteiger partial charge in [-0.05, 0) is 75.8 Å². The highest BCUT2D eigenvalue weighted by atomic mass is 16.1. The minimum absolute atomic E-state index is 0.0331. The molecule has 0 aliphatic heterocycles. The van der Waals surface area contributed by atoms with Crippen molar-refractivity contribution in [3.63, 3.8) is 0 Å². The maximum atomic E-state index is 12.7. The van der Waals surface area contributed by atoms with E-state index in [9.17, 15) is 4.79 Å². The van der Waals surface area contributed by atoms with Gasteiger partial charge in [0.15, 0.2) is 0 Å². The van der Waals surface area contributed by atoms with Crippen molar-refractivity contribution in [2.24, 2.45) is 5.73 Å². The number of hydrogen-bond acceptors (Lipinski definition) is 6. The Hall–Kier alpha value is -4.24. The van der Waals surface area contributed by atoms with E-state index in [2.05, 4.69) is 44.6 Å². The van der Waals surface area contributed by atoms with Crippen LogP contribution in [0, 0.1) is 5.41 Å². The number of benzene rings is 2. The highest BCUT2D eigenvalue weighted by Crippen LogP contribution is 2.20. The van der Waals surface area contributed by atoms with Crippen molar-refractivity contribution in [3.05, 3.63) is 77.6 Å². The van der Waals surface area contributed by atoms with Crippen LogP contribution >= 0.6 is 0 Å². The van der Waals surface area contributed by atoms with E-state index in [1.165, 1.54) is 6.42 Å². The summed E-state index contributed by atoms with van der Waals surface area (Å²) in [4.78, 5) is 27.0. The van der Waals surface area contributed by atoms with Crippen LogP contribution in [0.4, 0.5) is 5.95 Å². The molecule has 9 nitrogen and oxygen atoms in total. The average molecular weight is 513 g/mol. The number of H-pyrrole nitrogens is 1. The molecule has 0 radical (unpaired) electrons. The number of nitrogens with zero attached hydrogens (tertiary/aromatic N) is 3. The number of nitrogens with two attached hydrogens (primary N) is 1. The molecule has 0 saturated heterocycles. The second-order valence-corrected chi connectivity index (χ2v) is 9.64. The standard InChI is InChI=1S/C29H36N8O/c1-37(2)17-5-3-4-14-33-29-34-16-13-25(36-29)21-7-9-22(10-8-21)28(38)32-15-12-20-6-11-26-23(18-20)24(19-35-26)27(30)31/h6-11,13,16,18-19,35H,3-5,12,14-15,17H2,1-2H3,(H3,30,31)(H,32,38)(H,33,34,36). The molecular formula is C29H36N8O. The fraction of sp³-hybridized carbons (Fsp3) is 0.310. The van der Waals surface area contributed by atoms with Gasteiger partial charge >= 0.3 is 0 Å². The number of nitrogen functional groups attached to an aromatic ring is 1. The zero-order valence-corrected chi connectivity index (χ0v) is 22.1. The number of nitrogens with one attached hydrogen (secondary N) is 4. The van der Waals surface area contributed by atoms with E-state index in [1.54, 1.807) is 12.4 Å². The van der Waals surface area contributed by atoms with Crippen molar-refractivity contribution < 1.29 is 4.79 Å². The van der Waals surface area contributed by atoms with E-state index in [-0.39, 0.29) is 11.7 Å². The van der Waals surface area contributed by atoms with Gasteiger partial charge in [-0.25, -0.2) is 9.97 Å². The molecule has 2 aromatic heterocycles. The van der Waals surface area contributed by atoms with Crippen molar-refractivity contribution in [1.82, 2.24) is 25.2 Å². The summed E-state index contributed by atoms with van der Waals surface area (Å²) in [5.74, 6) is 0.527. The van der Waals surface area contributed by atoms with Crippen LogP contribution in [0.3, 0.4) is 0 Å². The molecule has 4 aromatic rings. The molecule has 38 heavy (non-hydrogen) atoms. The molecule has 0 unspecified atom stereocenters. The highest BCUT2D eigenvalue weighted by Gasteiger charge is 2.09. The second kappa shape index (κ2) is 12.8. The molecule has 0 spiro atoms. The van der Waals surface area contributed by atoms with Crippen LogP contribution in [-0.2, 0) is 6.42 Å². The zero-order valence-electron chi connectivity index (χ0n) is 22.1. The molecule has 1 amide bonds. The minimum Gasteiger partial charge on any atom is -0.384 e. The van der Waals surface area contributed by atoms with Crippen LogP contribution in [0.5, 0.6) is 0 Å². The van der Waals surface area contributed by atoms with Crippen LogP contribution in [0.2, 0.25) is 0 Å². The summed E-state index contributed by atoms with van der Waals surface area (Å²) in [6.45, 7) is 2.45. The van der Waals surface area contributed by atoms with Crippen molar-refractivity contribution >= 4 is 28.6 Å². The molecule has 2 heterocycles. The third kappa shape index (κ3) is 7.17. The van der Waals surface area contributed by atoms with Gasteiger partial charge in [0.1, 0.15) is 5.84 Å². The molecular weight excluding hydrogens is 476 g/mol. The largest absolute Gasteiger partial charge is 0.384 e. The maximum Gasteiger partial charge on any atom is 0.251 e. The van der Waals surface area contributed by atoms with Crippen molar-refractivity contribution in [2.75, 3.05) is 39.0 Å². The summed E-state index contributed by atoms with van der Waals surface area (Å²) < 4.78 is 0. The summed E-state index contributed by atoms with van der Waals surface area (Å²) >= 11 is 0. The lowest BCUT2D eigenvalue weighted by Gasteiger charge is -2.10. The number of aromatic nitrogens is 3. The number of aromatic amines is 1. The summed E-state index contributed by atoms with van der Waals surface area (Å²) in [6, 6.07) is 15.3. The summed E-state index contributed by atoms with van der Waals surface area (Å²) in [5, 5.41) is 14.9. The first-order chi connectivity index (χ1) is 18.4. The number of anilines is 1. The zero-order chi connectivity index (χ0) is 26.9. The molecule has 0 bridgehead atoms. The van der Waals surface area contributed by atoms with Gasteiger partial charge < -0.3 is 26.3 Å². The predicted octanol–water partition coefficient (Wildman–Crippen LogP) is 4.03. The summed E-state index contributed by atoms with van der Waals surface area (Å²) in [7, 11) is 4.19. The molecule has 0 saturated carbocycles. The normalized spacial score (nSPS) is 11.1. The summed E-state index contributed by atoms with van der Waals surface area (Å²) in [5.41, 5.74) is 10.7. The van der Waals surface area contributed by atoms with E-state index >= 15 is 0 Å². The van der Waals surface area contributed by atoms with E-state index in [0.717, 1.165) is 53.7 Å². The van der Waals surface area contributed by atoms with E-state index in [0.29, 0.717) is 30.0 Å². The average Bonchev–Trinajstić information content (AvgIpc) is 3.34. The molecule has 0 fully saturated rings. The maximum absolute atomic E-state index is 12.7. The Morgan fingerprint density at radius 3 is 2.63 bits per heavy atom. The van der Waals surface area contributed by atoms with Gasteiger partial charge in [-0.3, -0.25) is 10.2 Å². The van der Waals surface area contributed by atoms with E-state index < -0.39 is 0 Å². The third-order valence-electron chi connectivity index (χ3n) is 6.40. The first-order valence-electron chi connectivity index (χ1n) is 13.0. The van der Waals surface area contributed by atoms with E-state index in [1.807, 2.05) is 48.5 Å².